The summed E-state index contributed by atoms with van der Waals surface area (Å²) in [6.45, 7) is 1.45. The molecule has 0 fully saturated rings. The number of allylic oxidation sites excluding steroid dienone is 2. The molecule has 0 amide bonds. The maximum Gasteiger partial charge on any atom is 0.112 e. The first-order valence-electron chi connectivity index (χ1n) is 4.69. The lowest BCUT2D eigenvalue weighted by molar-refractivity contribution is 0.302. The second-order valence-corrected chi connectivity index (χ2v) is 3.39. The van der Waals surface area contributed by atoms with E-state index in [0.29, 0.717) is 12.3 Å². The Kier molecular flexibility index (Phi) is 4.25. The highest BCUT2D eigenvalue weighted by Crippen LogP contribution is 2.09. The van der Waals surface area contributed by atoms with E-state index in [9.17, 15) is 5.11 Å². The van der Waals surface area contributed by atoms with Crippen molar-refractivity contribution in [3.8, 4) is 0 Å². The summed E-state index contributed by atoms with van der Waals surface area (Å²) < 4.78 is 0. The lowest BCUT2D eigenvalue weighted by atomic mass is 10.2. The topological polar surface area (TPSA) is 23.5 Å². The Labute approximate surface area is 95.9 Å². The average molecular weight is 224 g/mol. The molecule has 0 aromatic heterocycles. The molecule has 1 aliphatic rings. The van der Waals surface area contributed by atoms with Crippen molar-refractivity contribution in [1.29, 1.82) is 0 Å². The van der Waals surface area contributed by atoms with Gasteiger partial charge in [-0.1, -0.05) is 30.3 Å². The van der Waals surface area contributed by atoms with E-state index in [-0.39, 0.29) is 12.4 Å². The van der Waals surface area contributed by atoms with Crippen LogP contribution in [0.15, 0.2) is 54.4 Å². The summed E-state index contributed by atoms with van der Waals surface area (Å²) >= 11 is 0. The van der Waals surface area contributed by atoms with Gasteiger partial charge in [0.05, 0.1) is 6.54 Å². The van der Waals surface area contributed by atoms with Gasteiger partial charge in [-0.15, -0.1) is 12.4 Å². The third-order valence-electron chi connectivity index (χ3n) is 2.18. The Morgan fingerprint density at radius 2 is 1.93 bits per heavy atom. The first kappa shape index (κ1) is 11.7. The molecule has 1 aromatic carbocycles. The number of hydrogen-bond acceptors (Lipinski definition) is 2. The van der Waals surface area contributed by atoms with Gasteiger partial charge in [0.2, 0.25) is 0 Å². The minimum absolute atomic E-state index is 0. The molecule has 0 atom stereocenters. The Morgan fingerprint density at radius 1 is 1.20 bits per heavy atom. The fourth-order valence-electron chi connectivity index (χ4n) is 1.52. The molecule has 0 saturated heterocycles. The van der Waals surface area contributed by atoms with Crippen LogP contribution in [0.25, 0.3) is 0 Å². The van der Waals surface area contributed by atoms with Gasteiger partial charge in [0.1, 0.15) is 5.76 Å². The minimum Gasteiger partial charge on any atom is -0.510 e. The quantitative estimate of drug-likeness (QED) is 0.834. The fraction of sp³-hybridized carbons (Fsp3) is 0.167. The number of halogens is 1. The molecule has 3 heteroatoms. The third kappa shape index (κ3) is 3.33. The molecule has 15 heavy (non-hydrogen) atoms. The van der Waals surface area contributed by atoms with Crippen molar-refractivity contribution in [2.24, 2.45) is 0 Å². The second kappa shape index (κ2) is 5.47. The molecule has 80 valence electrons. The van der Waals surface area contributed by atoms with Crippen LogP contribution in [0, 0.1) is 0 Å². The van der Waals surface area contributed by atoms with Crippen LogP contribution in [-0.4, -0.2) is 16.6 Å². The van der Waals surface area contributed by atoms with Gasteiger partial charge < -0.3 is 10.0 Å². The molecule has 0 saturated carbocycles. The Bertz CT molecular complexity index is 359. The van der Waals surface area contributed by atoms with Crippen molar-refractivity contribution in [3.63, 3.8) is 0 Å². The van der Waals surface area contributed by atoms with Crippen LogP contribution in [0.2, 0.25) is 0 Å². The van der Waals surface area contributed by atoms with Gasteiger partial charge in [-0.2, -0.15) is 0 Å². The molecule has 0 aliphatic carbocycles. The zero-order chi connectivity index (χ0) is 9.80. The van der Waals surface area contributed by atoms with Gasteiger partial charge in [-0.3, -0.25) is 0 Å². The van der Waals surface area contributed by atoms with Crippen molar-refractivity contribution in [2.45, 2.75) is 6.54 Å². The van der Waals surface area contributed by atoms with Gasteiger partial charge in [0.15, 0.2) is 0 Å². The molecule has 1 aliphatic heterocycles. The number of hydrogen-bond donors (Lipinski definition) is 1. The largest absolute Gasteiger partial charge is 0.510 e. The van der Waals surface area contributed by atoms with Gasteiger partial charge in [0.25, 0.3) is 0 Å². The Morgan fingerprint density at radius 3 is 2.60 bits per heavy atom. The van der Waals surface area contributed by atoms with E-state index < -0.39 is 0 Å². The standard InChI is InChI=1S/C12H13NO.ClH/c14-12-7-4-8-13(10-12)9-11-5-2-1-3-6-11;/h1-8,14H,9-10H2;1H. The van der Waals surface area contributed by atoms with Crippen molar-refractivity contribution in [3.05, 3.63) is 60.0 Å². The number of aliphatic hydroxyl groups excluding tert-OH is 1. The van der Waals surface area contributed by atoms with Crippen molar-refractivity contribution in [1.82, 2.24) is 4.90 Å². The highest BCUT2D eigenvalue weighted by Gasteiger charge is 2.05. The SMILES string of the molecule is Cl.OC1=CC=CN(Cc2ccccc2)C1. The summed E-state index contributed by atoms with van der Waals surface area (Å²) in [5.74, 6) is 0.420. The van der Waals surface area contributed by atoms with Crippen LogP contribution in [0.1, 0.15) is 5.56 Å². The van der Waals surface area contributed by atoms with Crippen LogP contribution in [0.4, 0.5) is 0 Å². The zero-order valence-electron chi connectivity index (χ0n) is 8.34. The highest BCUT2D eigenvalue weighted by molar-refractivity contribution is 5.85. The summed E-state index contributed by atoms with van der Waals surface area (Å²) in [6, 6.07) is 10.2. The monoisotopic (exact) mass is 223 g/mol. The van der Waals surface area contributed by atoms with E-state index in [1.165, 1.54) is 5.56 Å². The molecule has 1 N–H and O–H groups in total. The van der Waals surface area contributed by atoms with Crippen molar-refractivity contribution in [2.75, 3.05) is 6.54 Å². The summed E-state index contributed by atoms with van der Waals surface area (Å²) in [5, 5.41) is 9.33. The zero-order valence-corrected chi connectivity index (χ0v) is 9.15. The van der Waals surface area contributed by atoms with Gasteiger partial charge in [-0.05, 0) is 23.9 Å². The van der Waals surface area contributed by atoms with E-state index in [2.05, 4.69) is 17.0 Å². The van der Waals surface area contributed by atoms with Crippen LogP contribution < -0.4 is 0 Å². The molecule has 1 aromatic rings. The van der Waals surface area contributed by atoms with Crippen LogP contribution >= 0.6 is 12.4 Å². The van der Waals surface area contributed by atoms with Gasteiger partial charge in [-0.25, -0.2) is 0 Å². The highest BCUT2D eigenvalue weighted by atomic mass is 35.5. The smallest absolute Gasteiger partial charge is 0.112 e. The maximum absolute atomic E-state index is 9.33. The van der Waals surface area contributed by atoms with Crippen LogP contribution in [-0.2, 0) is 6.54 Å². The molecule has 0 bridgehead atoms. The minimum atomic E-state index is 0. The summed E-state index contributed by atoms with van der Waals surface area (Å²) in [4.78, 5) is 2.07. The van der Waals surface area contributed by atoms with E-state index >= 15 is 0 Å². The second-order valence-electron chi connectivity index (χ2n) is 3.39. The Balaban J connectivity index is 0.00000112. The molecule has 0 unspecified atom stereocenters. The number of nitrogens with zero attached hydrogens (tertiary/aromatic N) is 1. The summed E-state index contributed by atoms with van der Waals surface area (Å²) in [5.41, 5.74) is 1.26. The predicted octanol–water partition coefficient (Wildman–Crippen LogP) is 2.88. The summed E-state index contributed by atoms with van der Waals surface area (Å²) in [7, 11) is 0. The van der Waals surface area contributed by atoms with Gasteiger partial charge in [0, 0.05) is 6.54 Å². The molecule has 2 rings (SSSR count). The van der Waals surface area contributed by atoms with E-state index in [4.69, 9.17) is 0 Å². The average Bonchev–Trinajstić information content (AvgIpc) is 2.19. The molecule has 0 spiro atoms. The molecule has 2 nitrogen and oxygen atoms in total. The van der Waals surface area contributed by atoms with Gasteiger partial charge >= 0.3 is 0 Å². The number of rotatable bonds is 2. The van der Waals surface area contributed by atoms with Crippen molar-refractivity contribution < 1.29 is 5.11 Å². The maximum atomic E-state index is 9.33. The summed E-state index contributed by atoms with van der Waals surface area (Å²) in [6.07, 6.45) is 5.58. The molecule has 0 radical (unpaired) electrons. The van der Waals surface area contributed by atoms with Crippen LogP contribution in [0.3, 0.4) is 0 Å². The normalized spacial score (nSPS) is 14.4. The third-order valence-corrected chi connectivity index (χ3v) is 2.18. The molecular formula is C12H14ClNO. The van der Waals surface area contributed by atoms with E-state index in [1.807, 2.05) is 30.5 Å². The lowest BCUT2D eigenvalue weighted by Gasteiger charge is -2.22. The number of benzene rings is 1. The van der Waals surface area contributed by atoms with Crippen molar-refractivity contribution >= 4 is 12.4 Å². The van der Waals surface area contributed by atoms with E-state index in [0.717, 1.165) is 6.54 Å². The first-order chi connectivity index (χ1) is 6.84. The van der Waals surface area contributed by atoms with E-state index in [1.54, 1.807) is 6.08 Å². The molecule has 1 heterocycles. The number of aliphatic hydroxyl groups is 1. The predicted molar refractivity (Wildman–Crippen MR) is 64.0 cm³/mol. The Hall–Kier alpha value is -1.41. The molecular weight excluding hydrogens is 210 g/mol. The van der Waals surface area contributed by atoms with Crippen LogP contribution in [0.5, 0.6) is 0 Å². The lowest BCUT2D eigenvalue weighted by Crippen LogP contribution is -2.21. The first-order valence-corrected chi connectivity index (χ1v) is 4.69. The fourth-order valence-corrected chi connectivity index (χ4v) is 1.52.